The number of ether oxygens (including phenoxy) is 2. The number of carbonyl (C=O) groups is 2. The first-order valence-electron chi connectivity index (χ1n) is 8.91. The average molecular weight is 392 g/mol. The lowest BCUT2D eigenvalue weighted by atomic mass is 10.2. The van der Waals surface area contributed by atoms with Gasteiger partial charge in [0.1, 0.15) is 5.75 Å². The van der Waals surface area contributed by atoms with Crippen molar-refractivity contribution in [1.29, 1.82) is 0 Å². The van der Waals surface area contributed by atoms with E-state index in [2.05, 4.69) is 20.6 Å². The molecule has 0 atom stereocenters. The van der Waals surface area contributed by atoms with E-state index < -0.39 is 0 Å². The van der Waals surface area contributed by atoms with Crippen LogP contribution in [0.1, 0.15) is 27.6 Å². The number of hydrogen-bond acceptors (Lipinski definition) is 7. The summed E-state index contributed by atoms with van der Waals surface area (Å²) in [5.74, 6) is 0.162. The molecule has 0 bridgehead atoms. The predicted molar refractivity (Wildman–Crippen MR) is 109 cm³/mol. The van der Waals surface area contributed by atoms with Crippen molar-refractivity contribution in [2.45, 2.75) is 6.92 Å². The van der Waals surface area contributed by atoms with Crippen LogP contribution >= 0.6 is 0 Å². The third-order valence-electron chi connectivity index (χ3n) is 3.92. The molecular formula is C21H20N4O4. The largest absolute Gasteiger partial charge is 0.495 e. The zero-order valence-electron chi connectivity index (χ0n) is 16.0. The minimum Gasteiger partial charge on any atom is -0.495 e. The maximum Gasteiger partial charge on any atom is 0.338 e. The van der Waals surface area contributed by atoms with Crippen LogP contribution in [-0.2, 0) is 4.74 Å². The number of anilines is 3. The van der Waals surface area contributed by atoms with Gasteiger partial charge in [0.2, 0.25) is 5.95 Å². The highest BCUT2D eigenvalue weighted by Gasteiger charge is 2.11. The molecule has 2 aromatic carbocycles. The number of amides is 1. The molecule has 3 rings (SSSR count). The van der Waals surface area contributed by atoms with Crippen LogP contribution in [0.4, 0.5) is 17.3 Å². The summed E-state index contributed by atoms with van der Waals surface area (Å²) in [6.45, 7) is 2.08. The molecule has 3 aromatic rings. The van der Waals surface area contributed by atoms with Crippen molar-refractivity contribution in [1.82, 2.24) is 9.97 Å². The third-order valence-corrected chi connectivity index (χ3v) is 3.92. The van der Waals surface area contributed by atoms with E-state index in [0.29, 0.717) is 40.8 Å². The second kappa shape index (κ2) is 9.32. The van der Waals surface area contributed by atoms with E-state index in [0.717, 1.165) is 0 Å². The molecule has 8 nitrogen and oxygen atoms in total. The molecule has 0 fully saturated rings. The number of methoxy groups -OCH3 is 1. The van der Waals surface area contributed by atoms with Gasteiger partial charge in [-0.15, -0.1) is 0 Å². The quantitative estimate of drug-likeness (QED) is 0.592. The van der Waals surface area contributed by atoms with E-state index in [1.807, 2.05) is 6.07 Å². The molecule has 1 heterocycles. The summed E-state index contributed by atoms with van der Waals surface area (Å²) in [7, 11) is 1.54. The summed E-state index contributed by atoms with van der Waals surface area (Å²) < 4.78 is 10.2. The van der Waals surface area contributed by atoms with Crippen LogP contribution in [0.3, 0.4) is 0 Å². The number of nitrogens with one attached hydrogen (secondary N) is 2. The van der Waals surface area contributed by atoms with Gasteiger partial charge in [0, 0.05) is 18.1 Å². The SMILES string of the molecule is CCOC(=O)c1ccc(Nc2ncc(C(=O)Nc3ccccc3OC)cn2)cc1. The molecule has 1 amide bonds. The molecule has 0 aliphatic rings. The van der Waals surface area contributed by atoms with Crippen molar-refractivity contribution in [2.24, 2.45) is 0 Å². The second-order valence-corrected chi connectivity index (χ2v) is 5.87. The number of para-hydroxylation sites is 2. The van der Waals surface area contributed by atoms with Crippen molar-refractivity contribution in [3.63, 3.8) is 0 Å². The van der Waals surface area contributed by atoms with Crippen molar-refractivity contribution in [2.75, 3.05) is 24.4 Å². The minimum absolute atomic E-state index is 0.305. The Bertz CT molecular complexity index is 988. The molecule has 0 saturated heterocycles. The average Bonchev–Trinajstić information content (AvgIpc) is 2.75. The fourth-order valence-electron chi connectivity index (χ4n) is 2.49. The van der Waals surface area contributed by atoms with E-state index in [4.69, 9.17) is 9.47 Å². The smallest absolute Gasteiger partial charge is 0.338 e. The lowest BCUT2D eigenvalue weighted by Crippen LogP contribution is -2.13. The number of nitrogens with zero attached hydrogens (tertiary/aromatic N) is 2. The maximum absolute atomic E-state index is 12.4. The Labute approximate surface area is 167 Å². The van der Waals surface area contributed by atoms with Crippen LogP contribution in [0.2, 0.25) is 0 Å². The normalized spacial score (nSPS) is 10.1. The first kappa shape index (κ1) is 19.8. The molecule has 0 saturated carbocycles. The van der Waals surface area contributed by atoms with Crippen LogP contribution in [-0.4, -0.2) is 35.6 Å². The van der Waals surface area contributed by atoms with Gasteiger partial charge in [0.05, 0.1) is 30.5 Å². The summed E-state index contributed by atoms with van der Waals surface area (Å²) in [5, 5.41) is 5.78. The summed E-state index contributed by atoms with van der Waals surface area (Å²) in [6.07, 6.45) is 2.85. The zero-order valence-corrected chi connectivity index (χ0v) is 16.0. The van der Waals surface area contributed by atoms with Gasteiger partial charge in [-0.2, -0.15) is 0 Å². The molecule has 0 unspecified atom stereocenters. The Morgan fingerprint density at radius 2 is 1.66 bits per heavy atom. The Morgan fingerprint density at radius 1 is 0.966 bits per heavy atom. The van der Waals surface area contributed by atoms with E-state index in [9.17, 15) is 9.59 Å². The van der Waals surface area contributed by atoms with E-state index >= 15 is 0 Å². The molecule has 0 aliphatic carbocycles. The molecule has 29 heavy (non-hydrogen) atoms. The van der Waals surface area contributed by atoms with Crippen molar-refractivity contribution in [3.05, 3.63) is 72.1 Å². The minimum atomic E-state index is -0.374. The fourth-order valence-corrected chi connectivity index (χ4v) is 2.49. The lowest BCUT2D eigenvalue weighted by molar-refractivity contribution is 0.0526. The summed E-state index contributed by atoms with van der Waals surface area (Å²) in [4.78, 5) is 32.4. The van der Waals surface area contributed by atoms with Crippen molar-refractivity contribution < 1.29 is 19.1 Å². The molecule has 0 aliphatic heterocycles. The maximum atomic E-state index is 12.4. The highest BCUT2D eigenvalue weighted by molar-refractivity contribution is 6.04. The molecule has 0 spiro atoms. The van der Waals surface area contributed by atoms with Gasteiger partial charge >= 0.3 is 5.97 Å². The zero-order chi connectivity index (χ0) is 20.6. The summed E-state index contributed by atoms with van der Waals surface area (Å²) >= 11 is 0. The van der Waals surface area contributed by atoms with Gasteiger partial charge in [-0.25, -0.2) is 14.8 Å². The van der Waals surface area contributed by atoms with Crippen LogP contribution in [0, 0.1) is 0 Å². The molecule has 8 heteroatoms. The van der Waals surface area contributed by atoms with E-state index in [-0.39, 0.29) is 11.9 Å². The molecular weight excluding hydrogens is 372 g/mol. The molecule has 0 radical (unpaired) electrons. The summed E-state index contributed by atoms with van der Waals surface area (Å²) in [6, 6.07) is 13.9. The van der Waals surface area contributed by atoms with Crippen LogP contribution < -0.4 is 15.4 Å². The van der Waals surface area contributed by atoms with Gasteiger partial charge in [-0.05, 0) is 43.3 Å². The van der Waals surface area contributed by atoms with Crippen LogP contribution in [0.5, 0.6) is 5.75 Å². The number of hydrogen-bond donors (Lipinski definition) is 2. The lowest BCUT2D eigenvalue weighted by Gasteiger charge is -2.10. The topological polar surface area (TPSA) is 102 Å². The Balaban J connectivity index is 1.64. The third kappa shape index (κ3) is 5.07. The first-order valence-corrected chi connectivity index (χ1v) is 8.91. The Kier molecular flexibility index (Phi) is 6.36. The first-order chi connectivity index (χ1) is 14.1. The van der Waals surface area contributed by atoms with Crippen LogP contribution in [0.25, 0.3) is 0 Å². The number of benzene rings is 2. The number of carbonyl (C=O) groups excluding carboxylic acids is 2. The van der Waals surface area contributed by atoms with E-state index in [1.54, 1.807) is 49.4 Å². The Morgan fingerprint density at radius 3 is 2.31 bits per heavy atom. The Hall–Kier alpha value is -3.94. The molecule has 1 aromatic heterocycles. The van der Waals surface area contributed by atoms with Gasteiger partial charge < -0.3 is 20.1 Å². The van der Waals surface area contributed by atoms with Gasteiger partial charge in [-0.3, -0.25) is 4.79 Å². The number of aromatic nitrogens is 2. The van der Waals surface area contributed by atoms with Gasteiger partial charge in [0.15, 0.2) is 0 Å². The van der Waals surface area contributed by atoms with Crippen LogP contribution in [0.15, 0.2) is 60.9 Å². The number of rotatable bonds is 7. The van der Waals surface area contributed by atoms with Crippen molar-refractivity contribution >= 4 is 29.2 Å². The van der Waals surface area contributed by atoms with Crippen molar-refractivity contribution in [3.8, 4) is 5.75 Å². The summed E-state index contributed by atoms with van der Waals surface area (Å²) in [5.41, 5.74) is 2.02. The van der Waals surface area contributed by atoms with Gasteiger partial charge in [-0.1, -0.05) is 12.1 Å². The predicted octanol–water partition coefficient (Wildman–Crippen LogP) is 3.66. The monoisotopic (exact) mass is 392 g/mol. The second-order valence-electron chi connectivity index (χ2n) is 5.87. The van der Waals surface area contributed by atoms with Gasteiger partial charge in [0.25, 0.3) is 5.91 Å². The molecule has 2 N–H and O–H groups in total. The highest BCUT2D eigenvalue weighted by Crippen LogP contribution is 2.23. The highest BCUT2D eigenvalue weighted by atomic mass is 16.5. The number of esters is 1. The standard InChI is InChI=1S/C21H20N4O4/c1-3-29-20(27)14-8-10-16(11-9-14)24-21-22-12-15(13-23-21)19(26)25-17-6-4-5-7-18(17)28-2/h4-13H,3H2,1-2H3,(H,25,26)(H,22,23,24). The van der Waals surface area contributed by atoms with E-state index in [1.165, 1.54) is 19.5 Å². The molecule has 148 valence electrons. The fraction of sp³-hybridized carbons (Fsp3) is 0.143.